The van der Waals surface area contributed by atoms with Crippen molar-refractivity contribution in [2.45, 2.75) is 20.3 Å². The van der Waals surface area contributed by atoms with Gasteiger partial charge in [0, 0.05) is 5.54 Å². The van der Waals surface area contributed by atoms with E-state index < -0.39 is 0 Å². The fourth-order valence-corrected chi connectivity index (χ4v) is 1.10. The van der Waals surface area contributed by atoms with Crippen LogP contribution in [0, 0.1) is 11.8 Å². The Hall–Kier alpha value is 0.280. The largest absolute Gasteiger partial charge is 0.279 e. The average Bonchev–Trinajstić information content (AvgIpc) is 1.97. The SMILES string of the molecule is CC(C)C(C/C=C/Cl)COCl. The number of rotatable bonds is 5. The first kappa shape index (κ1) is 11.3. The van der Waals surface area contributed by atoms with Gasteiger partial charge < -0.3 is 0 Å². The molecule has 0 aromatic rings. The summed E-state index contributed by atoms with van der Waals surface area (Å²) in [4.78, 5) is 0. The number of hydrogen-bond acceptors (Lipinski definition) is 1. The summed E-state index contributed by atoms with van der Waals surface area (Å²) >= 11 is 10.6. The van der Waals surface area contributed by atoms with Crippen molar-refractivity contribution >= 4 is 23.5 Å². The van der Waals surface area contributed by atoms with Gasteiger partial charge >= 0.3 is 0 Å². The summed E-state index contributed by atoms with van der Waals surface area (Å²) in [5.74, 6) is 1.03. The molecule has 0 N–H and O–H groups in total. The Bertz CT molecular complexity index is 113. The molecule has 0 rings (SSSR count). The highest BCUT2D eigenvalue weighted by molar-refractivity contribution is 6.25. The molecule has 0 aliphatic heterocycles. The fourth-order valence-electron chi connectivity index (χ4n) is 0.840. The molecule has 66 valence electrons. The smallest absolute Gasteiger partial charge is 0.0716 e. The minimum atomic E-state index is 0.461. The predicted octanol–water partition coefficient (Wildman–Crippen LogP) is 3.57. The van der Waals surface area contributed by atoms with Crippen LogP contribution in [0.1, 0.15) is 20.3 Å². The maximum absolute atomic E-state index is 5.40. The third-order valence-corrected chi connectivity index (χ3v) is 2.05. The zero-order chi connectivity index (χ0) is 8.69. The highest BCUT2D eigenvalue weighted by Gasteiger charge is 2.11. The van der Waals surface area contributed by atoms with Gasteiger partial charge in [-0.2, -0.15) is 0 Å². The van der Waals surface area contributed by atoms with Crippen molar-refractivity contribution < 1.29 is 4.29 Å². The van der Waals surface area contributed by atoms with Crippen LogP contribution in [-0.4, -0.2) is 6.61 Å². The van der Waals surface area contributed by atoms with Crippen molar-refractivity contribution in [3.05, 3.63) is 11.6 Å². The minimum Gasteiger partial charge on any atom is -0.279 e. The summed E-state index contributed by atoms with van der Waals surface area (Å²) in [6, 6.07) is 0. The van der Waals surface area contributed by atoms with Gasteiger partial charge in [-0.3, -0.25) is 4.29 Å². The van der Waals surface area contributed by atoms with Crippen LogP contribution in [0.2, 0.25) is 0 Å². The number of halogens is 2. The maximum Gasteiger partial charge on any atom is 0.0716 e. The molecular weight excluding hydrogens is 183 g/mol. The van der Waals surface area contributed by atoms with E-state index >= 15 is 0 Å². The molecule has 0 saturated carbocycles. The Labute approximate surface area is 78.5 Å². The van der Waals surface area contributed by atoms with Crippen molar-refractivity contribution in [2.75, 3.05) is 6.61 Å². The van der Waals surface area contributed by atoms with Crippen LogP contribution < -0.4 is 0 Å². The van der Waals surface area contributed by atoms with Crippen LogP contribution in [0.15, 0.2) is 11.6 Å². The zero-order valence-electron chi connectivity index (χ0n) is 6.89. The van der Waals surface area contributed by atoms with Gasteiger partial charge in [0.1, 0.15) is 0 Å². The van der Waals surface area contributed by atoms with Gasteiger partial charge in [0.15, 0.2) is 0 Å². The lowest BCUT2D eigenvalue weighted by molar-refractivity contribution is 0.227. The van der Waals surface area contributed by atoms with E-state index in [-0.39, 0.29) is 0 Å². The fraction of sp³-hybridized carbons (Fsp3) is 0.750. The molecule has 0 aliphatic rings. The van der Waals surface area contributed by atoms with Gasteiger partial charge in [-0.15, -0.1) is 0 Å². The molecule has 0 amide bonds. The lowest BCUT2D eigenvalue weighted by Gasteiger charge is -2.16. The van der Waals surface area contributed by atoms with Gasteiger partial charge in [0.05, 0.1) is 18.5 Å². The highest BCUT2D eigenvalue weighted by Crippen LogP contribution is 2.16. The molecule has 0 bridgehead atoms. The van der Waals surface area contributed by atoms with Crippen LogP contribution in [0.5, 0.6) is 0 Å². The lowest BCUT2D eigenvalue weighted by atomic mass is 9.94. The Morgan fingerprint density at radius 3 is 2.45 bits per heavy atom. The molecule has 0 aromatic heterocycles. The normalized spacial score (nSPS) is 14.6. The van der Waals surface area contributed by atoms with Gasteiger partial charge in [-0.1, -0.05) is 31.5 Å². The molecule has 0 spiro atoms. The second-order valence-electron chi connectivity index (χ2n) is 2.88. The first-order valence-electron chi connectivity index (χ1n) is 3.71. The van der Waals surface area contributed by atoms with E-state index in [2.05, 4.69) is 18.1 Å². The topological polar surface area (TPSA) is 9.23 Å². The molecule has 0 fully saturated rings. The van der Waals surface area contributed by atoms with Gasteiger partial charge in [-0.25, -0.2) is 0 Å². The third-order valence-electron chi connectivity index (χ3n) is 1.75. The molecule has 0 heterocycles. The summed E-state index contributed by atoms with van der Waals surface area (Å²) in [6.45, 7) is 4.87. The van der Waals surface area contributed by atoms with E-state index in [1.807, 2.05) is 6.08 Å². The Balaban J connectivity index is 3.69. The highest BCUT2D eigenvalue weighted by atomic mass is 35.5. The minimum absolute atomic E-state index is 0.461. The first-order chi connectivity index (χ1) is 5.22. The van der Waals surface area contributed by atoms with Crippen molar-refractivity contribution in [3.8, 4) is 0 Å². The first-order valence-corrected chi connectivity index (χ1v) is 4.45. The van der Waals surface area contributed by atoms with Gasteiger partial charge in [0.25, 0.3) is 0 Å². The quantitative estimate of drug-likeness (QED) is 0.654. The monoisotopic (exact) mass is 196 g/mol. The van der Waals surface area contributed by atoms with E-state index in [0.29, 0.717) is 18.4 Å². The van der Waals surface area contributed by atoms with Crippen molar-refractivity contribution in [2.24, 2.45) is 11.8 Å². The second kappa shape index (κ2) is 6.96. The standard InChI is InChI=1S/C8H14Cl2O/c1-7(2)8(6-11-10)4-3-5-9/h3,5,7-8H,4,6H2,1-2H3/b5-3+. The molecule has 3 heteroatoms. The predicted molar refractivity (Wildman–Crippen MR) is 49.7 cm³/mol. The van der Waals surface area contributed by atoms with Gasteiger partial charge in [0.2, 0.25) is 0 Å². The molecule has 0 saturated heterocycles. The number of hydrogen-bond donors (Lipinski definition) is 0. The third kappa shape index (κ3) is 5.54. The Morgan fingerprint density at radius 2 is 2.09 bits per heavy atom. The molecule has 0 aromatic carbocycles. The van der Waals surface area contributed by atoms with Crippen molar-refractivity contribution in [1.82, 2.24) is 0 Å². The second-order valence-corrected chi connectivity index (χ2v) is 3.35. The van der Waals surface area contributed by atoms with E-state index in [9.17, 15) is 0 Å². The van der Waals surface area contributed by atoms with Crippen molar-refractivity contribution in [1.29, 1.82) is 0 Å². The number of allylic oxidation sites excluding steroid dienone is 1. The summed E-state index contributed by atoms with van der Waals surface area (Å²) in [5, 5.41) is 0. The van der Waals surface area contributed by atoms with Gasteiger partial charge in [-0.05, 0) is 18.3 Å². The molecule has 1 nitrogen and oxygen atoms in total. The molecule has 0 aliphatic carbocycles. The van der Waals surface area contributed by atoms with Crippen LogP contribution >= 0.6 is 23.5 Å². The summed E-state index contributed by atoms with van der Waals surface area (Å²) in [6.07, 6.45) is 2.84. The van der Waals surface area contributed by atoms with E-state index in [0.717, 1.165) is 6.42 Å². The molecule has 1 atom stereocenters. The van der Waals surface area contributed by atoms with E-state index in [4.69, 9.17) is 23.5 Å². The zero-order valence-corrected chi connectivity index (χ0v) is 8.40. The van der Waals surface area contributed by atoms with Crippen LogP contribution in [0.4, 0.5) is 0 Å². The van der Waals surface area contributed by atoms with Crippen LogP contribution in [-0.2, 0) is 4.29 Å². The Morgan fingerprint density at radius 1 is 1.45 bits per heavy atom. The van der Waals surface area contributed by atoms with E-state index in [1.54, 1.807) is 0 Å². The average molecular weight is 197 g/mol. The summed E-state index contributed by atoms with van der Waals surface area (Å²) < 4.78 is 4.56. The van der Waals surface area contributed by atoms with E-state index in [1.165, 1.54) is 5.54 Å². The van der Waals surface area contributed by atoms with Crippen LogP contribution in [0.3, 0.4) is 0 Å². The van der Waals surface area contributed by atoms with Crippen molar-refractivity contribution in [3.63, 3.8) is 0 Å². The maximum atomic E-state index is 5.40. The molecular formula is C8H14Cl2O. The molecule has 0 radical (unpaired) electrons. The van der Waals surface area contributed by atoms with Crippen LogP contribution in [0.25, 0.3) is 0 Å². The molecule has 1 unspecified atom stereocenters. The Kier molecular flexibility index (Phi) is 7.13. The lowest BCUT2D eigenvalue weighted by Crippen LogP contribution is -2.12. The summed E-state index contributed by atoms with van der Waals surface area (Å²) in [7, 11) is 0. The molecule has 11 heavy (non-hydrogen) atoms. The summed E-state index contributed by atoms with van der Waals surface area (Å²) in [5.41, 5.74) is 1.53.